The highest BCUT2D eigenvalue weighted by molar-refractivity contribution is 5.14. The van der Waals surface area contributed by atoms with Gasteiger partial charge in [0.25, 0.3) is 0 Å². The topological polar surface area (TPSA) is 88.5 Å². The van der Waals surface area contributed by atoms with E-state index in [0.29, 0.717) is 0 Å². The summed E-state index contributed by atoms with van der Waals surface area (Å²) >= 11 is 0. The Hall–Kier alpha value is -1.33. The van der Waals surface area contributed by atoms with E-state index in [-0.39, 0.29) is 6.54 Å². The monoisotopic (exact) mass is 186 g/mol. The van der Waals surface area contributed by atoms with Crippen LogP contribution in [-0.2, 0) is 6.54 Å². The zero-order chi connectivity index (χ0) is 11.6. The first kappa shape index (κ1) is 7.11. The fourth-order valence-electron chi connectivity index (χ4n) is 0.894. The van der Waals surface area contributed by atoms with Crippen molar-refractivity contribution in [2.24, 2.45) is 5.73 Å². The molecule has 1 aromatic rings. The van der Waals surface area contributed by atoms with Crippen LogP contribution < -0.4 is 11.2 Å². The SMILES string of the molecule is [2H]C([2H])(O)[C@@H](N)Cn1ccc(=O)c(O)c1. The van der Waals surface area contributed by atoms with Gasteiger partial charge in [0, 0.05) is 31.0 Å². The molecule has 72 valence electrons. The first-order valence-electron chi connectivity index (χ1n) is 4.67. The summed E-state index contributed by atoms with van der Waals surface area (Å²) in [6.07, 6.45) is 2.49. The van der Waals surface area contributed by atoms with Gasteiger partial charge in [-0.2, -0.15) is 0 Å². The average molecular weight is 186 g/mol. The van der Waals surface area contributed by atoms with Gasteiger partial charge in [-0.15, -0.1) is 0 Å². The van der Waals surface area contributed by atoms with Gasteiger partial charge in [0.2, 0.25) is 5.43 Å². The molecule has 0 aliphatic heterocycles. The lowest BCUT2D eigenvalue weighted by Crippen LogP contribution is -2.29. The molecule has 0 bridgehead atoms. The summed E-state index contributed by atoms with van der Waals surface area (Å²) in [7, 11) is 0. The molecule has 0 amide bonds. The number of aliphatic hydroxyl groups is 1. The van der Waals surface area contributed by atoms with Gasteiger partial charge in [-0.25, -0.2) is 0 Å². The van der Waals surface area contributed by atoms with Gasteiger partial charge in [0.1, 0.15) is 0 Å². The molecule has 5 heteroatoms. The van der Waals surface area contributed by atoms with Crippen molar-refractivity contribution in [2.75, 3.05) is 6.56 Å². The summed E-state index contributed by atoms with van der Waals surface area (Å²) in [6.45, 7) is -2.55. The minimum absolute atomic E-state index is 0.0443. The predicted molar refractivity (Wildman–Crippen MR) is 47.4 cm³/mol. The summed E-state index contributed by atoms with van der Waals surface area (Å²) in [5.41, 5.74) is 4.84. The lowest BCUT2D eigenvalue weighted by Gasteiger charge is -2.10. The Morgan fingerprint density at radius 2 is 2.46 bits per heavy atom. The standard InChI is InChI=1S/C8H12N2O3/c9-6(5-11)3-10-2-1-7(12)8(13)4-10/h1-2,4,6,11,13H,3,5,9H2/t6-/m0/s1/i5D2. The van der Waals surface area contributed by atoms with Crippen LogP contribution in [0.5, 0.6) is 5.75 Å². The van der Waals surface area contributed by atoms with Crippen molar-refractivity contribution < 1.29 is 13.0 Å². The molecule has 0 spiro atoms. The van der Waals surface area contributed by atoms with E-state index in [1.54, 1.807) is 0 Å². The molecule has 0 saturated heterocycles. The Kier molecular flexibility index (Phi) is 2.22. The fraction of sp³-hybridized carbons (Fsp3) is 0.375. The van der Waals surface area contributed by atoms with Crippen LogP contribution in [0.2, 0.25) is 0 Å². The molecule has 1 heterocycles. The van der Waals surface area contributed by atoms with Crippen molar-refractivity contribution >= 4 is 0 Å². The molecule has 5 nitrogen and oxygen atoms in total. The molecular formula is C8H12N2O3. The van der Waals surface area contributed by atoms with Crippen LogP contribution in [0.4, 0.5) is 0 Å². The van der Waals surface area contributed by atoms with Gasteiger partial charge >= 0.3 is 0 Å². The third-order valence-electron chi connectivity index (χ3n) is 1.53. The highest BCUT2D eigenvalue weighted by Gasteiger charge is 2.02. The maximum Gasteiger partial charge on any atom is 0.223 e. The zero-order valence-corrected chi connectivity index (χ0v) is 6.84. The normalized spacial score (nSPS) is 16.2. The van der Waals surface area contributed by atoms with Gasteiger partial charge in [-0.3, -0.25) is 4.79 Å². The Morgan fingerprint density at radius 3 is 3.00 bits per heavy atom. The van der Waals surface area contributed by atoms with Crippen molar-refractivity contribution in [1.82, 2.24) is 4.57 Å². The largest absolute Gasteiger partial charge is 0.503 e. The highest BCUT2D eigenvalue weighted by Crippen LogP contribution is 1.99. The fourth-order valence-corrected chi connectivity index (χ4v) is 0.894. The number of hydrogen-bond acceptors (Lipinski definition) is 4. The van der Waals surface area contributed by atoms with Gasteiger partial charge in [-0.05, 0) is 0 Å². The number of nitrogens with two attached hydrogens (primary N) is 1. The first-order valence-corrected chi connectivity index (χ1v) is 3.67. The van der Waals surface area contributed by atoms with E-state index in [1.807, 2.05) is 0 Å². The molecule has 0 aliphatic carbocycles. The lowest BCUT2D eigenvalue weighted by atomic mass is 10.3. The molecule has 1 aromatic heterocycles. The van der Waals surface area contributed by atoms with Crippen molar-refractivity contribution in [2.45, 2.75) is 12.6 Å². The molecule has 0 radical (unpaired) electrons. The van der Waals surface area contributed by atoms with Gasteiger partial charge < -0.3 is 20.5 Å². The number of hydrogen-bond donors (Lipinski definition) is 3. The number of aromatic nitrogens is 1. The third-order valence-corrected chi connectivity index (χ3v) is 1.53. The van der Waals surface area contributed by atoms with Crippen molar-refractivity contribution in [1.29, 1.82) is 0 Å². The molecule has 0 fully saturated rings. The van der Waals surface area contributed by atoms with E-state index < -0.39 is 23.8 Å². The third kappa shape index (κ3) is 2.57. The van der Waals surface area contributed by atoms with Crippen molar-refractivity contribution in [3.63, 3.8) is 0 Å². The summed E-state index contributed by atoms with van der Waals surface area (Å²) in [5.74, 6) is -0.441. The van der Waals surface area contributed by atoms with Crippen LogP contribution in [0.15, 0.2) is 23.3 Å². The average Bonchev–Trinajstić information content (AvgIpc) is 2.10. The predicted octanol–water partition coefficient (Wildman–Crippen LogP) is -1.13. The summed E-state index contributed by atoms with van der Waals surface area (Å²) in [5, 5.41) is 18.0. The Bertz CT molecular complexity index is 400. The van der Waals surface area contributed by atoms with Crippen LogP contribution >= 0.6 is 0 Å². The Balaban J connectivity index is 2.82. The van der Waals surface area contributed by atoms with E-state index in [2.05, 4.69) is 0 Å². The lowest BCUT2D eigenvalue weighted by molar-refractivity contribution is 0.253. The quantitative estimate of drug-likeness (QED) is 0.557. The van der Waals surface area contributed by atoms with E-state index in [0.717, 1.165) is 12.3 Å². The van der Waals surface area contributed by atoms with Crippen LogP contribution in [0.1, 0.15) is 2.74 Å². The molecule has 0 aliphatic rings. The molecule has 0 saturated carbocycles. The number of pyridine rings is 1. The summed E-state index contributed by atoms with van der Waals surface area (Å²) in [6, 6.07) is -0.00551. The summed E-state index contributed by atoms with van der Waals surface area (Å²) in [4.78, 5) is 10.8. The number of rotatable bonds is 3. The van der Waals surface area contributed by atoms with Crippen LogP contribution in [0.3, 0.4) is 0 Å². The van der Waals surface area contributed by atoms with E-state index in [9.17, 15) is 4.79 Å². The Morgan fingerprint density at radius 1 is 1.77 bits per heavy atom. The van der Waals surface area contributed by atoms with Gasteiger partial charge in [0.05, 0.1) is 9.30 Å². The summed E-state index contributed by atoms with van der Waals surface area (Å²) < 4.78 is 15.2. The first-order chi connectivity index (χ1) is 6.80. The molecule has 4 N–H and O–H groups in total. The van der Waals surface area contributed by atoms with Crippen LogP contribution in [0.25, 0.3) is 0 Å². The molecular weight excluding hydrogens is 172 g/mol. The van der Waals surface area contributed by atoms with Crippen LogP contribution in [0, 0.1) is 0 Å². The van der Waals surface area contributed by atoms with Crippen molar-refractivity contribution in [3.05, 3.63) is 28.7 Å². The zero-order valence-electron chi connectivity index (χ0n) is 8.84. The highest BCUT2D eigenvalue weighted by atomic mass is 16.3. The van der Waals surface area contributed by atoms with E-state index in [1.165, 1.54) is 10.8 Å². The number of nitrogens with zero attached hydrogens (tertiary/aromatic N) is 1. The smallest absolute Gasteiger partial charge is 0.223 e. The second-order valence-corrected chi connectivity index (χ2v) is 2.63. The van der Waals surface area contributed by atoms with E-state index in [4.69, 9.17) is 18.7 Å². The molecule has 1 atom stereocenters. The molecule has 13 heavy (non-hydrogen) atoms. The maximum atomic E-state index is 10.8. The van der Waals surface area contributed by atoms with E-state index >= 15 is 0 Å². The van der Waals surface area contributed by atoms with Crippen molar-refractivity contribution in [3.8, 4) is 5.75 Å². The molecule has 0 unspecified atom stereocenters. The van der Waals surface area contributed by atoms with Gasteiger partial charge in [0.15, 0.2) is 5.75 Å². The minimum Gasteiger partial charge on any atom is -0.503 e. The van der Waals surface area contributed by atoms with Crippen LogP contribution in [-0.4, -0.2) is 27.4 Å². The Labute approximate surface area is 77.9 Å². The second kappa shape index (κ2) is 4.06. The van der Waals surface area contributed by atoms with Gasteiger partial charge in [-0.1, -0.05) is 0 Å². The molecule has 1 rings (SSSR count). The minimum atomic E-state index is -2.50. The second-order valence-electron chi connectivity index (χ2n) is 2.63. The maximum absolute atomic E-state index is 10.8. The number of aromatic hydroxyl groups is 1. The molecule has 0 aromatic carbocycles.